The van der Waals surface area contributed by atoms with Crippen LogP contribution in [0.3, 0.4) is 0 Å². The summed E-state index contributed by atoms with van der Waals surface area (Å²) < 4.78 is 7.32. The third-order valence-corrected chi connectivity index (χ3v) is 10.5. The van der Waals surface area contributed by atoms with Crippen LogP contribution in [-0.2, 0) is 6.54 Å². The molecule has 0 radical (unpaired) electrons. The van der Waals surface area contributed by atoms with Crippen molar-refractivity contribution in [2.24, 2.45) is 0 Å². The fraction of sp³-hybridized carbons (Fsp3) is 0.529. The van der Waals surface area contributed by atoms with E-state index in [2.05, 4.69) is 77.9 Å². The van der Waals surface area contributed by atoms with Crippen molar-refractivity contribution in [2.45, 2.75) is 34.2 Å². The third-order valence-electron chi connectivity index (χ3n) is 4.53. The van der Waals surface area contributed by atoms with Gasteiger partial charge in [0.15, 0.2) is 0 Å². The van der Waals surface area contributed by atoms with Crippen LogP contribution in [0.1, 0.15) is 38.8 Å². The summed E-state index contributed by atoms with van der Waals surface area (Å²) in [7, 11) is -2.39. The molecular formula is C17H28ClN3Si. The summed E-state index contributed by atoms with van der Waals surface area (Å²) in [4.78, 5) is 0. The summed E-state index contributed by atoms with van der Waals surface area (Å²) >= 11 is 7.38. The zero-order chi connectivity index (χ0) is 16.2. The first-order valence-corrected chi connectivity index (χ1v) is 11.2. The van der Waals surface area contributed by atoms with Gasteiger partial charge in [-0.2, -0.15) is 0 Å². The minimum absolute atomic E-state index is 0.898. The van der Waals surface area contributed by atoms with E-state index in [0.717, 1.165) is 32.7 Å². The third kappa shape index (κ3) is 3.11. The number of fused-ring (bicyclic) bond motifs is 1. The Hall–Kier alpha value is -0.813. The van der Waals surface area contributed by atoms with E-state index in [1.165, 1.54) is 11.1 Å². The molecule has 0 spiro atoms. The summed E-state index contributed by atoms with van der Waals surface area (Å²) in [6, 6.07) is 8.60. The molecule has 0 unspecified atom stereocenters. The van der Waals surface area contributed by atoms with Crippen LogP contribution in [0.4, 0.5) is 0 Å². The highest BCUT2D eigenvalue weighted by Crippen LogP contribution is 2.31. The zero-order valence-corrected chi connectivity index (χ0v) is 16.0. The molecule has 1 heterocycles. The first-order chi connectivity index (χ1) is 10.6. The maximum Gasteiger partial charge on any atom is 0.423 e. The van der Waals surface area contributed by atoms with Crippen LogP contribution in [0.2, 0.25) is 0 Å². The van der Waals surface area contributed by atoms with Gasteiger partial charge in [-0.15, -0.1) is 11.1 Å². The molecule has 0 aliphatic carbocycles. The van der Waals surface area contributed by atoms with Crippen LogP contribution in [0, 0.1) is 0 Å². The van der Waals surface area contributed by atoms with E-state index in [0.29, 0.717) is 0 Å². The molecular weight excluding hydrogens is 310 g/mol. The Labute approximate surface area is 141 Å². The van der Waals surface area contributed by atoms with Gasteiger partial charge in [0, 0.05) is 6.54 Å². The van der Waals surface area contributed by atoms with E-state index in [1.54, 1.807) is 0 Å². The van der Waals surface area contributed by atoms with Gasteiger partial charge in [-0.25, -0.2) is 0 Å². The first-order valence-electron chi connectivity index (χ1n) is 8.33. The maximum absolute atomic E-state index is 7.38. The average molecular weight is 338 g/mol. The lowest BCUT2D eigenvalue weighted by Gasteiger charge is -2.49. The molecule has 1 aromatic carbocycles. The summed E-state index contributed by atoms with van der Waals surface area (Å²) in [5, 5.41) is 0. The van der Waals surface area contributed by atoms with Crippen molar-refractivity contribution in [1.29, 1.82) is 0 Å². The highest BCUT2D eigenvalue weighted by molar-refractivity contribution is 7.15. The summed E-state index contributed by atoms with van der Waals surface area (Å²) in [5.74, 6) is 0. The summed E-state index contributed by atoms with van der Waals surface area (Å²) in [6.07, 6.45) is 4.41. The lowest BCUT2D eigenvalue weighted by Crippen LogP contribution is -2.70. The van der Waals surface area contributed by atoms with Crippen molar-refractivity contribution in [3.8, 4) is 0 Å². The molecule has 0 amide bonds. The van der Waals surface area contributed by atoms with E-state index in [1.807, 2.05) is 0 Å². The molecule has 1 aliphatic rings. The van der Waals surface area contributed by atoms with Gasteiger partial charge in [-0.1, -0.05) is 52.0 Å². The van der Waals surface area contributed by atoms with Gasteiger partial charge in [0.25, 0.3) is 0 Å². The summed E-state index contributed by atoms with van der Waals surface area (Å²) in [6.45, 7) is 13.6. The molecule has 122 valence electrons. The van der Waals surface area contributed by atoms with Crippen molar-refractivity contribution in [1.82, 2.24) is 13.7 Å². The minimum atomic E-state index is -2.39. The second-order valence-electron chi connectivity index (χ2n) is 5.54. The Morgan fingerprint density at radius 1 is 1.00 bits per heavy atom. The lowest BCUT2D eigenvalue weighted by molar-refractivity contribution is 0.304. The standard InChI is InChI=1S/C17H28ClN3Si/c1-5-19(6-2)22(18,20(7-3)8-4)21-14-13-16-11-9-10-12-17(16)15-21/h9-14H,5-8,15H2,1-4H3. The second kappa shape index (κ2) is 7.64. The van der Waals surface area contributed by atoms with E-state index in [-0.39, 0.29) is 0 Å². The SMILES string of the molecule is CCN(CC)[Si](Cl)(N1C=Cc2ccccc2C1)N(CC)CC. The smallest absolute Gasteiger partial charge is 0.363 e. The molecule has 1 aliphatic heterocycles. The van der Waals surface area contributed by atoms with Crippen molar-refractivity contribution >= 4 is 25.0 Å². The molecule has 0 atom stereocenters. The van der Waals surface area contributed by atoms with Gasteiger partial charge in [0.05, 0.1) is 0 Å². The van der Waals surface area contributed by atoms with Crippen molar-refractivity contribution in [3.63, 3.8) is 0 Å². The quantitative estimate of drug-likeness (QED) is 0.553. The molecule has 1 aromatic rings. The fourth-order valence-corrected chi connectivity index (χ4v) is 8.41. The Bertz CT molecular complexity index is 500. The van der Waals surface area contributed by atoms with Gasteiger partial charge in [0.2, 0.25) is 0 Å². The van der Waals surface area contributed by atoms with Crippen molar-refractivity contribution in [2.75, 3.05) is 26.2 Å². The predicted octanol–water partition coefficient (Wildman–Crippen LogP) is 3.83. The van der Waals surface area contributed by atoms with Gasteiger partial charge < -0.3 is 4.57 Å². The van der Waals surface area contributed by atoms with Crippen LogP contribution in [0.5, 0.6) is 0 Å². The Morgan fingerprint density at radius 3 is 2.09 bits per heavy atom. The first kappa shape index (κ1) is 17.5. The average Bonchev–Trinajstić information content (AvgIpc) is 2.56. The second-order valence-corrected chi connectivity index (χ2v) is 10.0. The Balaban J connectivity index is 2.39. The highest BCUT2D eigenvalue weighted by atomic mass is 35.6. The Kier molecular flexibility index (Phi) is 6.09. The minimum Gasteiger partial charge on any atom is -0.363 e. The maximum atomic E-state index is 7.38. The molecule has 0 saturated heterocycles. The molecule has 5 heteroatoms. The van der Waals surface area contributed by atoms with E-state index in [9.17, 15) is 0 Å². The molecule has 2 rings (SSSR count). The van der Waals surface area contributed by atoms with E-state index in [4.69, 9.17) is 11.1 Å². The number of rotatable bonds is 7. The van der Waals surface area contributed by atoms with Gasteiger partial charge in [-0.3, -0.25) is 9.13 Å². The predicted molar refractivity (Wildman–Crippen MR) is 98.5 cm³/mol. The van der Waals surface area contributed by atoms with Crippen molar-refractivity contribution in [3.05, 3.63) is 41.6 Å². The van der Waals surface area contributed by atoms with E-state index < -0.39 is 7.87 Å². The number of halogens is 1. The van der Waals surface area contributed by atoms with Crippen LogP contribution in [0.25, 0.3) is 6.08 Å². The Morgan fingerprint density at radius 2 is 1.55 bits per heavy atom. The largest absolute Gasteiger partial charge is 0.423 e. The topological polar surface area (TPSA) is 9.72 Å². The lowest BCUT2D eigenvalue weighted by atomic mass is 10.1. The number of hydrogen-bond donors (Lipinski definition) is 0. The summed E-state index contributed by atoms with van der Waals surface area (Å²) in [5.41, 5.74) is 2.67. The highest BCUT2D eigenvalue weighted by Gasteiger charge is 2.48. The van der Waals surface area contributed by atoms with Crippen LogP contribution in [0.15, 0.2) is 30.5 Å². The van der Waals surface area contributed by atoms with Crippen LogP contribution >= 0.6 is 11.1 Å². The van der Waals surface area contributed by atoms with Gasteiger partial charge >= 0.3 is 7.87 Å². The van der Waals surface area contributed by atoms with Crippen LogP contribution in [-0.4, -0.2) is 47.7 Å². The van der Waals surface area contributed by atoms with Gasteiger partial charge in [0.1, 0.15) is 0 Å². The van der Waals surface area contributed by atoms with Gasteiger partial charge in [-0.05, 0) is 49.6 Å². The molecule has 0 N–H and O–H groups in total. The fourth-order valence-electron chi connectivity index (χ4n) is 3.26. The molecule has 0 saturated carbocycles. The number of hydrogen-bond acceptors (Lipinski definition) is 3. The molecule has 3 nitrogen and oxygen atoms in total. The molecule has 22 heavy (non-hydrogen) atoms. The van der Waals surface area contributed by atoms with E-state index >= 15 is 0 Å². The van der Waals surface area contributed by atoms with Crippen LogP contribution < -0.4 is 0 Å². The molecule has 0 bridgehead atoms. The number of benzene rings is 1. The molecule has 0 fully saturated rings. The zero-order valence-electron chi connectivity index (χ0n) is 14.2. The molecule has 0 aromatic heterocycles. The number of nitrogens with zero attached hydrogens (tertiary/aromatic N) is 3. The normalized spacial score (nSPS) is 14.8. The monoisotopic (exact) mass is 337 g/mol. The van der Waals surface area contributed by atoms with Crippen molar-refractivity contribution < 1.29 is 0 Å².